The molecule has 0 bridgehead atoms. The van der Waals surface area contributed by atoms with Crippen LogP contribution in [0.3, 0.4) is 0 Å². The summed E-state index contributed by atoms with van der Waals surface area (Å²) in [6, 6.07) is 0. The maximum Gasteiger partial charge on any atom is 0.313 e. The first-order valence-electron chi connectivity index (χ1n) is 9.86. The fourth-order valence-corrected chi connectivity index (χ4v) is 4.67. The predicted molar refractivity (Wildman–Crippen MR) is 96.3 cm³/mol. The van der Waals surface area contributed by atoms with Crippen LogP contribution in [0.5, 0.6) is 0 Å². The molecule has 0 amide bonds. The Morgan fingerprint density at radius 3 is 2.00 bits per heavy atom. The topological polar surface area (TPSA) is 26.3 Å². The van der Waals surface area contributed by atoms with Crippen molar-refractivity contribution in [2.45, 2.75) is 111 Å². The first kappa shape index (κ1) is 18.8. The molecule has 1 atom stereocenters. The molecule has 23 heavy (non-hydrogen) atoms. The normalized spacial score (nSPS) is 29.7. The number of esters is 1. The van der Waals surface area contributed by atoms with Crippen molar-refractivity contribution < 1.29 is 9.53 Å². The van der Waals surface area contributed by atoms with E-state index in [0.717, 1.165) is 44.9 Å². The van der Waals surface area contributed by atoms with Gasteiger partial charge >= 0.3 is 5.97 Å². The number of rotatable bonds is 6. The lowest BCUT2D eigenvalue weighted by molar-refractivity contribution is -0.202. The highest BCUT2D eigenvalue weighted by Gasteiger charge is 2.61. The second kappa shape index (κ2) is 6.41. The number of carbonyl (C=O) groups excluding carboxylic acids is 1. The first-order valence-corrected chi connectivity index (χ1v) is 9.86. The minimum Gasteiger partial charge on any atom is -0.459 e. The molecule has 0 aromatic carbocycles. The SMILES string of the molecule is CCC(C)(C)CC1(C(=O)OC2(CC)CCCCC2)CCC1(C)C. The summed E-state index contributed by atoms with van der Waals surface area (Å²) >= 11 is 0. The Morgan fingerprint density at radius 1 is 1.00 bits per heavy atom. The van der Waals surface area contributed by atoms with E-state index >= 15 is 0 Å². The average Bonchev–Trinajstić information content (AvgIpc) is 2.52. The van der Waals surface area contributed by atoms with Gasteiger partial charge in [0, 0.05) is 0 Å². The summed E-state index contributed by atoms with van der Waals surface area (Å²) in [5.41, 5.74) is -0.181. The van der Waals surface area contributed by atoms with Gasteiger partial charge in [-0.05, 0) is 62.2 Å². The van der Waals surface area contributed by atoms with Gasteiger partial charge in [0.1, 0.15) is 5.60 Å². The number of hydrogen-bond donors (Lipinski definition) is 0. The van der Waals surface area contributed by atoms with Crippen LogP contribution in [0.1, 0.15) is 106 Å². The zero-order valence-corrected chi connectivity index (χ0v) is 16.4. The zero-order chi connectivity index (χ0) is 17.4. The molecule has 2 fully saturated rings. The predicted octanol–water partition coefficient (Wildman–Crippen LogP) is 6.28. The van der Waals surface area contributed by atoms with Crippen LogP contribution in [0, 0.1) is 16.2 Å². The van der Waals surface area contributed by atoms with E-state index in [4.69, 9.17) is 4.74 Å². The molecule has 0 aromatic heterocycles. The molecular weight excluding hydrogens is 284 g/mol. The summed E-state index contributed by atoms with van der Waals surface area (Å²) in [5.74, 6) is 0.110. The van der Waals surface area contributed by atoms with E-state index in [2.05, 4.69) is 41.5 Å². The van der Waals surface area contributed by atoms with Gasteiger partial charge in [0.25, 0.3) is 0 Å². The molecule has 0 aliphatic heterocycles. The van der Waals surface area contributed by atoms with Crippen molar-refractivity contribution in [1.29, 1.82) is 0 Å². The number of carbonyl (C=O) groups is 1. The second-order valence-corrected chi connectivity index (χ2v) is 9.65. The van der Waals surface area contributed by atoms with E-state index in [9.17, 15) is 4.79 Å². The van der Waals surface area contributed by atoms with Crippen molar-refractivity contribution in [3.05, 3.63) is 0 Å². The highest BCUT2D eigenvalue weighted by molar-refractivity contribution is 5.79. The largest absolute Gasteiger partial charge is 0.459 e. The summed E-state index contributed by atoms with van der Waals surface area (Å²) in [6.07, 6.45) is 11.0. The molecule has 134 valence electrons. The minimum atomic E-state index is -0.272. The summed E-state index contributed by atoms with van der Waals surface area (Å²) in [7, 11) is 0. The molecule has 0 spiro atoms. The third-order valence-electron chi connectivity index (χ3n) is 7.32. The van der Waals surface area contributed by atoms with Crippen LogP contribution in [0.15, 0.2) is 0 Å². The molecule has 0 heterocycles. The van der Waals surface area contributed by atoms with Crippen LogP contribution >= 0.6 is 0 Å². The van der Waals surface area contributed by atoms with Gasteiger partial charge in [0.15, 0.2) is 0 Å². The van der Waals surface area contributed by atoms with Crippen molar-refractivity contribution in [3.63, 3.8) is 0 Å². The van der Waals surface area contributed by atoms with Gasteiger partial charge in [-0.15, -0.1) is 0 Å². The van der Waals surface area contributed by atoms with E-state index in [1.54, 1.807) is 0 Å². The molecule has 2 heteroatoms. The molecule has 2 aliphatic rings. The highest BCUT2D eigenvalue weighted by atomic mass is 16.6. The average molecular weight is 323 g/mol. The third kappa shape index (κ3) is 3.46. The number of ether oxygens (including phenoxy) is 1. The van der Waals surface area contributed by atoms with Crippen molar-refractivity contribution in [3.8, 4) is 0 Å². The van der Waals surface area contributed by atoms with E-state index < -0.39 is 0 Å². The molecule has 2 saturated carbocycles. The van der Waals surface area contributed by atoms with Crippen molar-refractivity contribution in [2.75, 3.05) is 0 Å². The van der Waals surface area contributed by atoms with Gasteiger partial charge in [-0.1, -0.05) is 54.4 Å². The maximum atomic E-state index is 13.4. The molecule has 0 aromatic rings. The van der Waals surface area contributed by atoms with Gasteiger partial charge in [0.2, 0.25) is 0 Å². The zero-order valence-electron chi connectivity index (χ0n) is 16.4. The van der Waals surface area contributed by atoms with E-state index in [-0.39, 0.29) is 27.8 Å². The lowest BCUT2D eigenvalue weighted by atomic mass is 9.47. The number of hydrogen-bond acceptors (Lipinski definition) is 2. The Morgan fingerprint density at radius 2 is 1.61 bits per heavy atom. The molecule has 2 nitrogen and oxygen atoms in total. The Labute approximate surface area is 143 Å². The fraction of sp³-hybridized carbons (Fsp3) is 0.952. The van der Waals surface area contributed by atoms with E-state index in [1.165, 1.54) is 19.3 Å². The summed E-state index contributed by atoms with van der Waals surface area (Å²) in [6.45, 7) is 13.6. The summed E-state index contributed by atoms with van der Waals surface area (Å²) in [4.78, 5) is 13.4. The van der Waals surface area contributed by atoms with Crippen LogP contribution in [0.4, 0.5) is 0 Å². The molecule has 2 aliphatic carbocycles. The fourth-order valence-electron chi connectivity index (χ4n) is 4.67. The smallest absolute Gasteiger partial charge is 0.313 e. The van der Waals surface area contributed by atoms with Crippen LogP contribution < -0.4 is 0 Å². The van der Waals surface area contributed by atoms with Crippen molar-refractivity contribution >= 4 is 5.97 Å². The summed E-state index contributed by atoms with van der Waals surface area (Å²) < 4.78 is 6.32. The molecule has 1 unspecified atom stereocenters. The minimum absolute atomic E-state index is 0.0696. The van der Waals surface area contributed by atoms with Crippen LogP contribution in [-0.2, 0) is 9.53 Å². The van der Waals surface area contributed by atoms with Gasteiger partial charge in [-0.25, -0.2) is 0 Å². The van der Waals surface area contributed by atoms with Gasteiger partial charge in [0.05, 0.1) is 5.41 Å². The van der Waals surface area contributed by atoms with Gasteiger partial charge in [-0.3, -0.25) is 4.79 Å². The molecule has 0 radical (unpaired) electrons. The lowest BCUT2D eigenvalue weighted by Crippen LogP contribution is -2.57. The molecule has 0 saturated heterocycles. The quantitative estimate of drug-likeness (QED) is 0.538. The van der Waals surface area contributed by atoms with E-state index in [0.29, 0.717) is 0 Å². The van der Waals surface area contributed by atoms with Crippen LogP contribution in [0.25, 0.3) is 0 Å². The maximum absolute atomic E-state index is 13.4. The van der Waals surface area contributed by atoms with Crippen molar-refractivity contribution in [1.82, 2.24) is 0 Å². The Balaban J connectivity index is 2.21. The Hall–Kier alpha value is -0.530. The van der Waals surface area contributed by atoms with Crippen LogP contribution in [0.2, 0.25) is 0 Å². The first-order chi connectivity index (χ1) is 10.6. The third-order valence-corrected chi connectivity index (χ3v) is 7.32. The van der Waals surface area contributed by atoms with Gasteiger partial charge < -0.3 is 4.74 Å². The summed E-state index contributed by atoms with van der Waals surface area (Å²) in [5, 5.41) is 0. The standard InChI is InChI=1S/C21H38O2/c1-7-18(3,4)16-21(15-14-19(21,5)6)17(22)23-20(8-2)12-10-9-11-13-20/h7-16H2,1-6H3. The Kier molecular flexibility index (Phi) is 5.24. The second-order valence-electron chi connectivity index (χ2n) is 9.65. The molecule has 0 N–H and O–H groups in total. The highest BCUT2D eigenvalue weighted by Crippen LogP contribution is 2.62. The van der Waals surface area contributed by atoms with E-state index in [1.807, 2.05) is 0 Å². The Bertz CT molecular complexity index is 429. The lowest BCUT2D eigenvalue weighted by Gasteiger charge is -2.57. The van der Waals surface area contributed by atoms with Crippen LogP contribution in [-0.4, -0.2) is 11.6 Å². The van der Waals surface area contributed by atoms with Gasteiger partial charge in [-0.2, -0.15) is 0 Å². The van der Waals surface area contributed by atoms with Crippen molar-refractivity contribution in [2.24, 2.45) is 16.2 Å². The molecule has 2 rings (SSSR count). The molecular formula is C21H38O2. The monoisotopic (exact) mass is 322 g/mol.